The molecule has 3 atom stereocenters. The van der Waals surface area contributed by atoms with E-state index < -0.39 is 35.3 Å². The molecule has 0 saturated carbocycles. The number of carbonyl (C=O) groups is 3. The highest BCUT2D eigenvalue weighted by Gasteiger charge is 2.55. The first kappa shape index (κ1) is 26.8. The predicted octanol–water partition coefficient (Wildman–Crippen LogP) is 0.107. The van der Waals surface area contributed by atoms with Crippen LogP contribution in [0.25, 0.3) is 0 Å². The van der Waals surface area contributed by atoms with Gasteiger partial charge in [0.25, 0.3) is 11.8 Å². The Morgan fingerprint density at radius 1 is 1.38 bits per heavy atom. The number of nitrogens with zero attached hydrogens (tertiary/aromatic N) is 5. The van der Waals surface area contributed by atoms with Crippen LogP contribution in [0.5, 0.6) is 0 Å². The highest BCUT2D eigenvalue weighted by molar-refractivity contribution is 8.00. The quantitative estimate of drug-likeness (QED) is 0.159. The van der Waals surface area contributed by atoms with Crippen molar-refractivity contribution in [2.45, 2.75) is 56.2 Å². The summed E-state index contributed by atoms with van der Waals surface area (Å²) in [6.07, 6.45) is 7.16. The zero-order chi connectivity index (χ0) is 28.0. The second-order valence-electron chi connectivity index (χ2n) is 10.6. The minimum absolute atomic E-state index is 0.0396. The number of carboxylic acids is 1. The van der Waals surface area contributed by atoms with E-state index >= 15 is 0 Å². The van der Waals surface area contributed by atoms with Gasteiger partial charge in [-0.3, -0.25) is 14.5 Å². The van der Waals surface area contributed by atoms with Crippen molar-refractivity contribution >= 4 is 51.7 Å². The summed E-state index contributed by atoms with van der Waals surface area (Å²) in [6.45, 7) is 4.44. The number of nitrogens with two attached hydrogens (primary N) is 1. The fraction of sp³-hybridized carbons (Fsp3) is 0.520. The Hall–Kier alpha value is -3.43. The number of rotatable bonds is 9. The maximum Gasteiger partial charge on any atom is 0.276 e. The summed E-state index contributed by atoms with van der Waals surface area (Å²) in [4.78, 5) is 56.8. The SMILES string of the molecule is CC(O/N=C(\C(=O)N[C@@H]1C(=O)N2C(C(=O)[O-])=C(C[N+]34CCCC3CCC4)CS[C@H]12)c1csc(N)n1)c1cnc[nH]1. The van der Waals surface area contributed by atoms with Gasteiger partial charge in [-0.1, -0.05) is 5.16 Å². The third kappa shape index (κ3) is 4.65. The van der Waals surface area contributed by atoms with Gasteiger partial charge in [-0.15, -0.1) is 23.1 Å². The molecular formula is C25H30N8O5S2. The van der Waals surface area contributed by atoms with Crippen LogP contribution in [0.3, 0.4) is 0 Å². The Morgan fingerprint density at radius 3 is 2.80 bits per heavy atom. The van der Waals surface area contributed by atoms with Gasteiger partial charge in [0.2, 0.25) is 0 Å². The van der Waals surface area contributed by atoms with Gasteiger partial charge in [0.15, 0.2) is 16.9 Å². The molecule has 15 heteroatoms. The van der Waals surface area contributed by atoms with Crippen LogP contribution < -0.4 is 16.2 Å². The predicted molar refractivity (Wildman–Crippen MR) is 145 cm³/mol. The normalized spacial score (nSPS) is 28.6. The van der Waals surface area contributed by atoms with Crippen LogP contribution in [0.4, 0.5) is 5.13 Å². The molecule has 2 amide bonds. The van der Waals surface area contributed by atoms with Gasteiger partial charge in [0.05, 0.1) is 49.0 Å². The number of nitrogen functional groups attached to an aromatic ring is 1. The van der Waals surface area contributed by atoms with Crippen molar-refractivity contribution in [2.75, 3.05) is 31.1 Å². The van der Waals surface area contributed by atoms with E-state index in [0.717, 1.165) is 47.3 Å². The van der Waals surface area contributed by atoms with Crippen LogP contribution in [0.15, 0.2) is 34.3 Å². The number of thioether (sulfide) groups is 1. The molecule has 0 radical (unpaired) electrons. The summed E-state index contributed by atoms with van der Waals surface area (Å²) in [5, 5.41) is 20.3. The number of quaternary nitrogens is 1. The molecule has 6 heterocycles. The summed E-state index contributed by atoms with van der Waals surface area (Å²) in [5.74, 6) is -2.06. The fourth-order valence-electron chi connectivity index (χ4n) is 6.40. The van der Waals surface area contributed by atoms with Crippen LogP contribution in [-0.2, 0) is 19.2 Å². The zero-order valence-corrected chi connectivity index (χ0v) is 23.5. The van der Waals surface area contributed by atoms with Crippen LogP contribution in [0.2, 0.25) is 0 Å². The van der Waals surface area contributed by atoms with Crippen molar-refractivity contribution in [3.8, 4) is 0 Å². The van der Waals surface area contributed by atoms with E-state index in [1.165, 1.54) is 35.8 Å². The lowest BCUT2D eigenvalue weighted by molar-refractivity contribution is -0.922. The molecule has 13 nitrogen and oxygen atoms in total. The smallest absolute Gasteiger partial charge is 0.276 e. The number of hydrogen-bond acceptors (Lipinski definition) is 11. The average Bonchev–Trinajstić information content (AvgIpc) is 3.72. The Kier molecular flexibility index (Phi) is 7.04. The van der Waals surface area contributed by atoms with Gasteiger partial charge in [0, 0.05) is 42.4 Å². The number of nitrogens with one attached hydrogen (secondary N) is 2. The molecule has 0 aliphatic carbocycles. The average molecular weight is 587 g/mol. The number of aromatic nitrogens is 3. The highest BCUT2D eigenvalue weighted by Crippen LogP contribution is 2.43. The van der Waals surface area contributed by atoms with Gasteiger partial charge in [-0.05, 0) is 6.92 Å². The molecule has 3 fully saturated rings. The first-order valence-corrected chi connectivity index (χ1v) is 15.2. The van der Waals surface area contributed by atoms with Crippen molar-refractivity contribution in [1.82, 2.24) is 25.2 Å². The van der Waals surface area contributed by atoms with Gasteiger partial charge >= 0.3 is 0 Å². The Balaban J connectivity index is 1.20. The monoisotopic (exact) mass is 586 g/mol. The minimum atomic E-state index is -1.35. The van der Waals surface area contributed by atoms with E-state index in [-0.39, 0.29) is 22.2 Å². The number of hydrogen-bond donors (Lipinski definition) is 3. The van der Waals surface area contributed by atoms with Crippen molar-refractivity contribution in [3.05, 3.63) is 40.6 Å². The van der Waals surface area contributed by atoms with Crippen LogP contribution in [-0.4, -0.2) is 90.7 Å². The van der Waals surface area contributed by atoms with Crippen molar-refractivity contribution < 1.29 is 28.8 Å². The first-order valence-electron chi connectivity index (χ1n) is 13.3. The molecule has 6 rings (SSSR count). The van der Waals surface area contributed by atoms with Crippen LogP contribution >= 0.6 is 23.1 Å². The molecule has 0 spiro atoms. The lowest BCUT2D eigenvalue weighted by Crippen LogP contribution is -2.72. The van der Waals surface area contributed by atoms with Crippen LogP contribution in [0.1, 0.15) is 50.1 Å². The number of oxime groups is 1. The molecule has 1 unspecified atom stereocenters. The second kappa shape index (κ2) is 10.5. The minimum Gasteiger partial charge on any atom is -0.543 e. The van der Waals surface area contributed by atoms with Gasteiger partial charge in [0.1, 0.15) is 23.7 Å². The van der Waals surface area contributed by atoms with Crippen LogP contribution in [0, 0.1) is 0 Å². The Bertz CT molecular complexity index is 1380. The lowest BCUT2D eigenvalue weighted by atomic mass is 10.0. The topological polar surface area (TPSA) is 179 Å². The van der Waals surface area contributed by atoms with Gasteiger partial charge in [-0.25, -0.2) is 9.97 Å². The summed E-state index contributed by atoms with van der Waals surface area (Å²) in [6, 6.07) is -0.369. The number of aromatic amines is 1. The van der Waals surface area contributed by atoms with E-state index in [0.29, 0.717) is 24.0 Å². The third-order valence-electron chi connectivity index (χ3n) is 8.33. The van der Waals surface area contributed by atoms with Crippen molar-refractivity contribution in [3.63, 3.8) is 0 Å². The van der Waals surface area contributed by atoms with Crippen molar-refractivity contribution in [1.29, 1.82) is 0 Å². The van der Waals surface area contributed by atoms with E-state index in [1.807, 2.05) is 0 Å². The molecule has 0 aromatic carbocycles. The first-order chi connectivity index (χ1) is 19.3. The molecule has 40 heavy (non-hydrogen) atoms. The van der Waals surface area contributed by atoms with Gasteiger partial charge < -0.3 is 35.3 Å². The molecule has 4 aliphatic heterocycles. The molecule has 4 aliphatic rings. The molecule has 3 saturated heterocycles. The molecule has 2 aromatic heterocycles. The Morgan fingerprint density at radius 2 is 2.15 bits per heavy atom. The lowest BCUT2D eigenvalue weighted by Gasteiger charge is -2.51. The summed E-state index contributed by atoms with van der Waals surface area (Å²) < 4.78 is 0.910. The maximum atomic E-state index is 13.4. The largest absolute Gasteiger partial charge is 0.543 e. The maximum absolute atomic E-state index is 13.4. The Labute approximate surface area is 238 Å². The number of thiazole rings is 1. The zero-order valence-electron chi connectivity index (χ0n) is 21.9. The number of β-lactam (4-membered cyclic amide) rings is 1. The molecule has 4 N–H and O–H groups in total. The number of aliphatic carboxylic acids is 1. The van der Waals surface area contributed by atoms with E-state index in [9.17, 15) is 19.5 Å². The third-order valence-corrected chi connectivity index (χ3v) is 10.3. The highest BCUT2D eigenvalue weighted by atomic mass is 32.2. The number of carbonyl (C=O) groups excluding carboxylic acids is 3. The number of H-pyrrole nitrogens is 1. The van der Waals surface area contributed by atoms with E-state index in [2.05, 4.69) is 25.4 Å². The number of fused-ring (bicyclic) bond motifs is 2. The van der Waals surface area contributed by atoms with Crippen molar-refractivity contribution in [2.24, 2.45) is 5.16 Å². The summed E-state index contributed by atoms with van der Waals surface area (Å²) in [7, 11) is 0. The fourth-order valence-corrected chi connectivity index (χ4v) is 8.28. The van der Waals surface area contributed by atoms with E-state index in [1.54, 1.807) is 18.5 Å². The van der Waals surface area contributed by atoms with E-state index in [4.69, 9.17) is 10.6 Å². The number of imidazole rings is 1. The number of carboxylic acid groups (broad SMARTS) is 1. The second-order valence-corrected chi connectivity index (χ2v) is 12.6. The molecule has 2 aromatic rings. The summed E-state index contributed by atoms with van der Waals surface area (Å²) >= 11 is 2.59. The molecule has 0 bridgehead atoms. The number of amides is 2. The summed E-state index contributed by atoms with van der Waals surface area (Å²) in [5.41, 5.74) is 7.20. The molecular weight excluding hydrogens is 556 g/mol. The van der Waals surface area contributed by atoms with Gasteiger partial charge in [-0.2, -0.15) is 0 Å². The molecule has 212 valence electrons. The standard InChI is InChI=1S/C25H30N8O5S2/c1-13(16-8-27-12-28-16)38-31-18(17-11-40-25(26)29-17)21(34)30-19-22(35)32-20(24(36)37)14(10-39-23(19)32)9-33-6-2-4-15(33)5-3-7-33/h8,11-13,15,19,23H,2-7,9-10H2,1H3,(H4-,26,27,28,29,30,34,36,37)/b31-18-/t13?,15?,19-,23-,33?/m1/s1. The number of anilines is 1.